The molecule has 0 amide bonds. The van der Waals surface area contributed by atoms with Crippen molar-refractivity contribution in [2.75, 3.05) is 6.61 Å². The van der Waals surface area contributed by atoms with Gasteiger partial charge in [-0.05, 0) is 23.8 Å². The molecule has 1 aliphatic rings. The van der Waals surface area contributed by atoms with Gasteiger partial charge in [0, 0.05) is 19.1 Å². The van der Waals surface area contributed by atoms with Crippen LogP contribution in [0, 0.1) is 0 Å². The van der Waals surface area contributed by atoms with E-state index >= 15 is 0 Å². The summed E-state index contributed by atoms with van der Waals surface area (Å²) >= 11 is 0. The summed E-state index contributed by atoms with van der Waals surface area (Å²) in [5.41, 5.74) is 0.880. The lowest BCUT2D eigenvalue weighted by molar-refractivity contribution is -0.561. The van der Waals surface area contributed by atoms with E-state index in [9.17, 15) is 14.7 Å². The summed E-state index contributed by atoms with van der Waals surface area (Å²) in [6, 6.07) is 5.24. The Labute approximate surface area is 115 Å². The predicted molar refractivity (Wildman–Crippen MR) is 64.1 cm³/mol. The summed E-state index contributed by atoms with van der Waals surface area (Å²) in [4.78, 5) is 27.6. The maximum Gasteiger partial charge on any atom is 0.338 e. The Balaban J connectivity index is 2.22. The summed E-state index contributed by atoms with van der Waals surface area (Å²) in [6.45, 7) is 3.32. The molecule has 0 aromatic heterocycles. The van der Waals surface area contributed by atoms with Gasteiger partial charge in [0.05, 0.1) is 12.2 Å². The molecule has 20 heavy (non-hydrogen) atoms. The average Bonchev–Trinajstić information content (AvgIpc) is 2.81. The third kappa shape index (κ3) is 2.67. The van der Waals surface area contributed by atoms with E-state index in [0.717, 1.165) is 0 Å². The van der Waals surface area contributed by atoms with Crippen molar-refractivity contribution in [1.82, 2.24) is 0 Å². The van der Waals surface area contributed by atoms with Gasteiger partial charge in [-0.15, -0.1) is 0 Å². The van der Waals surface area contributed by atoms with Crippen LogP contribution < -0.4 is 5.11 Å². The number of nitrogens with zero attached hydrogens (tertiary/aromatic N) is 2. The van der Waals surface area contributed by atoms with Gasteiger partial charge >= 0.3 is 5.97 Å². The van der Waals surface area contributed by atoms with Gasteiger partial charge in [0.2, 0.25) is 11.5 Å². The highest BCUT2D eigenvalue weighted by molar-refractivity contribution is 5.89. The lowest BCUT2D eigenvalue weighted by Crippen LogP contribution is -2.44. The number of carbonyl (C=O) groups is 2. The first-order valence-electron chi connectivity index (χ1n) is 6.14. The molecule has 0 N–H and O–H groups in total. The highest BCUT2D eigenvalue weighted by Crippen LogP contribution is 2.22. The Kier molecular flexibility index (Phi) is 4.09. The monoisotopic (exact) mass is 278 g/mol. The Morgan fingerprint density at radius 1 is 1.40 bits per heavy atom. The van der Waals surface area contributed by atoms with E-state index < -0.39 is 18.3 Å². The summed E-state index contributed by atoms with van der Waals surface area (Å²) in [7, 11) is 0. The number of rotatable bonds is 4. The number of ether oxygens (including phenoxy) is 1. The molecule has 1 aliphatic heterocycles. The molecule has 0 aliphatic carbocycles. The van der Waals surface area contributed by atoms with Crippen LogP contribution in [0.4, 0.5) is 5.69 Å². The first-order chi connectivity index (χ1) is 9.54. The molecule has 0 saturated heterocycles. The van der Waals surface area contributed by atoms with Crippen LogP contribution in [0.3, 0.4) is 0 Å². The van der Waals surface area contributed by atoms with Crippen molar-refractivity contribution >= 4 is 17.4 Å². The Bertz CT molecular complexity index is 552. The van der Waals surface area contributed by atoms with E-state index in [4.69, 9.17) is 4.74 Å². The minimum Gasteiger partial charge on any atom is -0.814 e. The third-order valence-corrected chi connectivity index (χ3v) is 2.82. The molecule has 2 rings (SSSR count). The fourth-order valence-electron chi connectivity index (χ4n) is 1.86. The molecule has 7 nitrogen and oxygen atoms in total. The van der Waals surface area contributed by atoms with E-state index in [1.165, 1.54) is 23.8 Å². The first kappa shape index (κ1) is 14.1. The molecule has 0 spiro atoms. The minimum absolute atomic E-state index is 0.292. The largest absolute Gasteiger partial charge is 0.814 e. The normalized spacial score (nSPS) is 21.1. The molecule has 2 atom stereocenters. The van der Waals surface area contributed by atoms with Crippen molar-refractivity contribution in [3.05, 3.63) is 29.8 Å². The van der Waals surface area contributed by atoms with Crippen LogP contribution in [0.25, 0.3) is 0 Å². The van der Waals surface area contributed by atoms with E-state index in [1.807, 2.05) is 0 Å². The second kappa shape index (κ2) is 5.79. The zero-order valence-corrected chi connectivity index (χ0v) is 11.1. The molecule has 1 aromatic rings. The molecular formula is C13H14N2O5. The number of benzene rings is 1. The number of hydrogen-bond acceptors (Lipinski definition) is 6. The van der Waals surface area contributed by atoms with Crippen LogP contribution >= 0.6 is 0 Å². The molecule has 0 fully saturated rings. The second-order valence-electron chi connectivity index (χ2n) is 4.22. The SMILES string of the molecule is CCOC(=O)c1ccc([N+]2=NOC([O-])C2C(C)=O)cc1. The molecule has 1 aromatic carbocycles. The summed E-state index contributed by atoms with van der Waals surface area (Å²) in [5, 5.41) is 15.1. The number of carbonyl (C=O) groups excluding carboxylic acids is 2. The molecule has 106 valence electrons. The highest BCUT2D eigenvalue weighted by Gasteiger charge is 2.40. The number of esters is 1. The molecule has 0 bridgehead atoms. The number of ketones is 1. The van der Waals surface area contributed by atoms with Crippen LogP contribution in [0.1, 0.15) is 24.2 Å². The maximum absolute atomic E-state index is 11.5. The minimum atomic E-state index is -1.54. The summed E-state index contributed by atoms with van der Waals surface area (Å²) < 4.78 is 6.08. The zero-order valence-electron chi connectivity index (χ0n) is 11.1. The molecule has 0 saturated carbocycles. The van der Waals surface area contributed by atoms with Crippen LogP contribution in [0.15, 0.2) is 29.5 Å². The number of hydrogen-bond donors (Lipinski definition) is 0. The lowest BCUT2D eigenvalue weighted by Gasteiger charge is -2.13. The smallest absolute Gasteiger partial charge is 0.338 e. The van der Waals surface area contributed by atoms with Crippen molar-refractivity contribution in [2.24, 2.45) is 5.28 Å². The number of Topliss-reactive ketones (excluding diaryl/α,β-unsaturated/α-hetero) is 1. The van der Waals surface area contributed by atoms with Crippen LogP contribution in [-0.4, -0.2) is 35.4 Å². The van der Waals surface area contributed by atoms with Crippen LogP contribution in [0.2, 0.25) is 0 Å². The topological polar surface area (TPSA) is 91.0 Å². The van der Waals surface area contributed by atoms with Crippen LogP contribution in [0.5, 0.6) is 0 Å². The third-order valence-electron chi connectivity index (χ3n) is 2.82. The lowest BCUT2D eigenvalue weighted by atomic mass is 10.1. The van der Waals surface area contributed by atoms with Gasteiger partial charge in [-0.2, -0.15) is 0 Å². The standard InChI is InChI=1S/C13H14N2O5/c1-3-19-12(17)9-4-6-10(7-5-9)15-11(8(2)16)13(18)20-14-15/h4-7,11,13H,3H2,1-2H3. The van der Waals surface area contributed by atoms with Gasteiger partial charge in [0.15, 0.2) is 5.28 Å². The van der Waals surface area contributed by atoms with Gasteiger partial charge < -0.3 is 14.7 Å². The first-order valence-corrected chi connectivity index (χ1v) is 6.14. The highest BCUT2D eigenvalue weighted by atomic mass is 16.7. The maximum atomic E-state index is 11.5. The van der Waals surface area contributed by atoms with Gasteiger partial charge in [-0.1, -0.05) is 0 Å². The summed E-state index contributed by atoms with van der Waals surface area (Å²) in [6.07, 6.45) is -1.54. The van der Waals surface area contributed by atoms with E-state index in [2.05, 4.69) is 10.1 Å². The van der Waals surface area contributed by atoms with Gasteiger partial charge in [-0.3, -0.25) is 4.79 Å². The predicted octanol–water partition coefficient (Wildman–Crippen LogP) is 0.549. The molecule has 0 radical (unpaired) electrons. The Morgan fingerprint density at radius 3 is 2.60 bits per heavy atom. The molecule has 7 heteroatoms. The van der Waals surface area contributed by atoms with Crippen molar-refractivity contribution in [2.45, 2.75) is 26.2 Å². The zero-order chi connectivity index (χ0) is 14.7. The molecule has 2 unspecified atom stereocenters. The van der Waals surface area contributed by atoms with E-state index in [0.29, 0.717) is 17.9 Å². The van der Waals surface area contributed by atoms with E-state index in [1.54, 1.807) is 19.1 Å². The van der Waals surface area contributed by atoms with Crippen molar-refractivity contribution < 1.29 is 29.0 Å². The van der Waals surface area contributed by atoms with Gasteiger partial charge in [-0.25, -0.2) is 4.79 Å². The quantitative estimate of drug-likeness (QED) is 0.592. The van der Waals surface area contributed by atoms with Crippen molar-refractivity contribution in [3.63, 3.8) is 0 Å². The fourth-order valence-corrected chi connectivity index (χ4v) is 1.86. The van der Waals surface area contributed by atoms with Crippen molar-refractivity contribution in [1.29, 1.82) is 0 Å². The molecule has 1 heterocycles. The van der Waals surface area contributed by atoms with Gasteiger partial charge in [0.25, 0.3) is 6.04 Å². The summed E-state index contributed by atoms with van der Waals surface area (Å²) in [5.74, 6) is -0.765. The van der Waals surface area contributed by atoms with Crippen LogP contribution in [-0.2, 0) is 14.4 Å². The fraction of sp³-hybridized carbons (Fsp3) is 0.385. The Hall–Kier alpha value is -2.28. The van der Waals surface area contributed by atoms with Gasteiger partial charge in [0.1, 0.15) is 6.29 Å². The average molecular weight is 278 g/mol. The second-order valence-corrected chi connectivity index (χ2v) is 4.22. The molecular weight excluding hydrogens is 264 g/mol. The Morgan fingerprint density at radius 2 is 2.05 bits per heavy atom. The van der Waals surface area contributed by atoms with E-state index in [-0.39, 0.29) is 5.78 Å². The van der Waals surface area contributed by atoms with Crippen molar-refractivity contribution in [3.8, 4) is 0 Å².